The summed E-state index contributed by atoms with van der Waals surface area (Å²) in [6, 6.07) is 5.16. The van der Waals surface area contributed by atoms with Gasteiger partial charge in [-0.25, -0.2) is 4.39 Å². The molecule has 1 aromatic carbocycles. The van der Waals surface area contributed by atoms with Crippen LogP contribution >= 0.6 is 0 Å². The summed E-state index contributed by atoms with van der Waals surface area (Å²) in [5, 5.41) is 3.36. The van der Waals surface area contributed by atoms with Gasteiger partial charge in [0.15, 0.2) is 11.6 Å². The van der Waals surface area contributed by atoms with Crippen LogP contribution in [0, 0.1) is 11.7 Å². The molecule has 0 saturated carbocycles. The second-order valence-electron chi connectivity index (χ2n) is 4.66. The molecule has 1 unspecified atom stereocenters. The second kappa shape index (κ2) is 8.88. The Bertz CT molecular complexity index is 367. The van der Waals surface area contributed by atoms with Crippen molar-refractivity contribution in [1.29, 1.82) is 0 Å². The van der Waals surface area contributed by atoms with E-state index >= 15 is 0 Å². The van der Waals surface area contributed by atoms with Crippen LogP contribution in [-0.4, -0.2) is 26.2 Å². The van der Waals surface area contributed by atoms with Crippen LogP contribution in [0.3, 0.4) is 0 Å². The monoisotopic (exact) mass is 268 g/mol. The third-order valence-electron chi connectivity index (χ3n) is 3.23. The van der Waals surface area contributed by atoms with Crippen LogP contribution in [0.15, 0.2) is 18.2 Å². The first-order valence-electron chi connectivity index (χ1n) is 7.03. The fourth-order valence-corrected chi connectivity index (χ4v) is 1.91. The Morgan fingerprint density at radius 1 is 1.37 bits per heavy atom. The van der Waals surface area contributed by atoms with Gasteiger partial charge in [0.1, 0.15) is 0 Å². The maximum absolute atomic E-state index is 13.6. The summed E-state index contributed by atoms with van der Waals surface area (Å²) < 4.78 is 18.8. The molecule has 3 N–H and O–H groups in total. The molecule has 0 aliphatic rings. The number of hydrogen-bond acceptors (Lipinski definition) is 3. The minimum atomic E-state index is -0.284. The summed E-state index contributed by atoms with van der Waals surface area (Å²) in [4.78, 5) is 0. The van der Waals surface area contributed by atoms with Crippen LogP contribution in [0.25, 0.3) is 0 Å². The number of nitrogens with one attached hydrogen (secondary N) is 1. The molecule has 1 rings (SSSR count). The van der Waals surface area contributed by atoms with Gasteiger partial charge in [-0.1, -0.05) is 19.4 Å². The van der Waals surface area contributed by atoms with Crippen molar-refractivity contribution in [3.63, 3.8) is 0 Å². The van der Waals surface area contributed by atoms with Gasteiger partial charge in [-0.15, -0.1) is 0 Å². The van der Waals surface area contributed by atoms with Gasteiger partial charge in [-0.3, -0.25) is 0 Å². The first kappa shape index (κ1) is 15.9. The molecule has 1 atom stereocenters. The fraction of sp³-hybridized carbons (Fsp3) is 0.600. The van der Waals surface area contributed by atoms with E-state index in [1.54, 1.807) is 12.1 Å². The minimum absolute atomic E-state index is 0.284. The first-order chi connectivity index (χ1) is 9.21. The highest BCUT2D eigenvalue weighted by Crippen LogP contribution is 2.18. The highest BCUT2D eigenvalue weighted by Gasteiger charge is 2.05. The molecule has 0 aliphatic carbocycles. The molecule has 19 heavy (non-hydrogen) atoms. The molecule has 108 valence electrons. The summed E-state index contributed by atoms with van der Waals surface area (Å²) in [7, 11) is 0. The van der Waals surface area contributed by atoms with E-state index in [-0.39, 0.29) is 5.82 Å². The largest absolute Gasteiger partial charge is 0.491 e. The summed E-state index contributed by atoms with van der Waals surface area (Å²) in [6.07, 6.45) is 1.89. The van der Waals surface area contributed by atoms with Gasteiger partial charge in [-0.05, 0) is 56.6 Å². The lowest BCUT2D eigenvalue weighted by Crippen LogP contribution is -2.29. The number of halogens is 1. The first-order valence-corrected chi connectivity index (χ1v) is 7.03. The van der Waals surface area contributed by atoms with E-state index in [0.717, 1.165) is 31.5 Å². The average molecular weight is 268 g/mol. The Labute approximate surface area is 115 Å². The zero-order valence-electron chi connectivity index (χ0n) is 11.9. The second-order valence-corrected chi connectivity index (χ2v) is 4.66. The van der Waals surface area contributed by atoms with Gasteiger partial charge in [0.25, 0.3) is 0 Å². The number of hydrogen-bond donors (Lipinski definition) is 2. The maximum atomic E-state index is 13.6. The molecule has 0 amide bonds. The van der Waals surface area contributed by atoms with Crippen LogP contribution in [0.5, 0.6) is 5.75 Å². The molecule has 0 bridgehead atoms. The number of benzene rings is 1. The van der Waals surface area contributed by atoms with E-state index in [1.165, 1.54) is 0 Å². The normalized spacial score (nSPS) is 12.4. The Morgan fingerprint density at radius 2 is 2.16 bits per heavy atom. The van der Waals surface area contributed by atoms with Crippen LogP contribution in [-0.2, 0) is 6.42 Å². The molecule has 3 nitrogen and oxygen atoms in total. The Balaban J connectivity index is 2.35. The van der Waals surface area contributed by atoms with Gasteiger partial charge in [0.05, 0.1) is 6.61 Å². The topological polar surface area (TPSA) is 47.3 Å². The van der Waals surface area contributed by atoms with Gasteiger partial charge in [0.2, 0.25) is 0 Å². The Morgan fingerprint density at radius 3 is 2.74 bits per heavy atom. The average Bonchev–Trinajstić information content (AvgIpc) is 2.42. The lowest BCUT2D eigenvalue weighted by molar-refractivity contribution is 0.321. The molecular weight excluding hydrogens is 243 g/mol. The molecule has 0 saturated heterocycles. The van der Waals surface area contributed by atoms with Crippen LogP contribution < -0.4 is 15.8 Å². The van der Waals surface area contributed by atoms with Crippen LogP contribution in [0.4, 0.5) is 4.39 Å². The molecule has 0 aromatic heterocycles. The molecule has 0 aliphatic heterocycles. The lowest BCUT2D eigenvalue weighted by Gasteiger charge is -2.13. The van der Waals surface area contributed by atoms with Crippen molar-refractivity contribution in [1.82, 2.24) is 5.32 Å². The predicted octanol–water partition coefficient (Wildman–Crippen LogP) is 2.34. The van der Waals surface area contributed by atoms with Gasteiger partial charge in [-0.2, -0.15) is 0 Å². The van der Waals surface area contributed by atoms with Gasteiger partial charge >= 0.3 is 0 Å². The zero-order valence-corrected chi connectivity index (χ0v) is 11.9. The summed E-state index contributed by atoms with van der Waals surface area (Å²) in [6.45, 7) is 6.94. The smallest absolute Gasteiger partial charge is 0.165 e. The SMILES string of the molecule is CCOc1ccc(CCNCC(CC)CN)cc1F. The van der Waals surface area contributed by atoms with E-state index in [0.29, 0.717) is 24.8 Å². The van der Waals surface area contributed by atoms with E-state index in [2.05, 4.69) is 12.2 Å². The zero-order chi connectivity index (χ0) is 14.1. The number of ether oxygens (including phenoxy) is 1. The number of nitrogens with two attached hydrogens (primary N) is 1. The molecule has 0 radical (unpaired) electrons. The van der Waals surface area contributed by atoms with Crippen LogP contribution in [0.2, 0.25) is 0 Å². The summed E-state index contributed by atoms with van der Waals surface area (Å²) >= 11 is 0. The van der Waals surface area contributed by atoms with Gasteiger partial charge in [0, 0.05) is 0 Å². The fourth-order valence-electron chi connectivity index (χ4n) is 1.91. The summed E-state index contributed by atoms with van der Waals surface area (Å²) in [5.41, 5.74) is 6.62. The molecule has 0 spiro atoms. The van der Waals surface area contributed by atoms with E-state index in [4.69, 9.17) is 10.5 Å². The predicted molar refractivity (Wildman–Crippen MR) is 77.0 cm³/mol. The van der Waals surface area contributed by atoms with Crippen molar-refractivity contribution in [3.8, 4) is 5.75 Å². The molecule has 0 heterocycles. The standard InChI is InChI=1S/C15H25FN2O/c1-3-12(10-17)11-18-8-7-13-5-6-15(19-4-2)14(16)9-13/h5-6,9,12,18H,3-4,7-8,10-11,17H2,1-2H3. The van der Waals surface area contributed by atoms with Crippen molar-refractivity contribution in [3.05, 3.63) is 29.6 Å². The van der Waals surface area contributed by atoms with Crippen molar-refractivity contribution < 1.29 is 9.13 Å². The van der Waals surface area contributed by atoms with Crippen molar-refractivity contribution in [2.75, 3.05) is 26.2 Å². The molecular formula is C15H25FN2O. The third-order valence-corrected chi connectivity index (χ3v) is 3.23. The van der Waals surface area contributed by atoms with Crippen molar-refractivity contribution in [2.24, 2.45) is 11.7 Å². The Hall–Kier alpha value is -1.13. The van der Waals surface area contributed by atoms with E-state index in [1.807, 2.05) is 13.0 Å². The lowest BCUT2D eigenvalue weighted by atomic mass is 10.1. The highest BCUT2D eigenvalue weighted by molar-refractivity contribution is 5.29. The quantitative estimate of drug-likeness (QED) is 0.676. The number of rotatable bonds is 9. The van der Waals surface area contributed by atoms with Gasteiger partial charge < -0.3 is 15.8 Å². The third kappa shape index (κ3) is 5.57. The van der Waals surface area contributed by atoms with Crippen molar-refractivity contribution in [2.45, 2.75) is 26.7 Å². The van der Waals surface area contributed by atoms with Crippen molar-refractivity contribution >= 4 is 0 Å². The maximum Gasteiger partial charge on any atom is 0.165 e. The van der Waals surface area contributed by atoms with E-state index in [9.17, 15) is 4.39 Å². The minimum Gasteiger partial charge on any atom is -0.491 e. The molecule has 1 aromatic rings. The molecule has 4 heteroatoms. The van der Waals surface area contributed by atoms with Crippen LogP contribution in [0.1, 0.15) is 25.8 Å². The highest BCUT2D eigenvalue weighted by atomic mass is 19.1. The molecule has 0 fully saturated rings. The Kier molecular flexibility index (Phi) is 7.45. The summed E-state index contributed by atoms with van der Waals surface area (Å²) in [5.74, 6) is 0.568. The van der Waals surface area contributed by atoms with E-state index < -0.39 is 0 Å².